The summed E-state index contributed by atoms with van der Waals surface area (Å²) in [5, 5.41) is 3.53. The van der Waals surface area contributed by atoms with E-state index in [4.69, 9.17) is 9.15 Å². The molecule has 1 aromatic carbocycles. The van der Waals surface area contributed by atoms with E-state index < -0.39 is 0 Å². The topological polar surface area (TPSA) is 34.4 Å². The number of halogens is 1. The zero-order valence-corrected chi connectivity index (χ0v) is 13.4. The SMILES string of the molecule is CCCNC(Cc1ccccc1OC)c1occc1Br. The van der Waals surface area contributed by atoms with Crippen LogP contribution < -0.4 is 10.1 Å². The number of ether oxygens (including phenoxy) is 1. The van der Waals surface area contributed by atoms with Crippen molar-refractivity contribution in [1.29, 1.82) is 0 Å². The van der Waals surface area contributed by atoms with Crippen LogP contribution >= 0.6 is 15.9 Å². The van der Waals surface area contributed by atoms with E-state index in [-0.39, 0.29) is 6.04 Å². The van der Waals surface area contributed by atoms with Crippen molar-refractivity contribution in [2.75, 3.05) is 13.7 Å². The maximum atomic E-state index is 5.62. The molecule has 20 heavy (non-hydrogen) atoms. The van der Waals surface area contributed by atoms with E-state index in [1.54, 1.807) is 13.4 Å². The van der Waals surface area contributed by atoms with E-state index in [1.165, 1.54) is 5.56 Å². The van der Waals surface area contributed by atoms with Crippen molar-refractivity contribution in [3.05, 3.63) is 52.4 Å². The molecule has 0 aliphatic carbocycles. The fourth-order valence-electron chi connectivity index (χ4n) is 2.22. The Bertz CT molecular complexity index is 539. The summed E-state index contributed by atoms with van der Waals surface area (Å²) in [6.07, 6.45) is 3.62. The highest BCUT2D eigenvalue weighted by Crippen LogP contribution is 2.29. The standard InChI is InChI=1S/C16H20BrNO2/c1-3-9-18-14(16-13(17)8-10-20-16)11-12-6-4-5-7-15(12)19-2/h4-8,10,14,18H,3,9,11H2,1-2H3. The van der Waals surface area contributed by atoms with Crippen LogP contribution in [0.15, 0.2) is 45.5 Å². The average Bonchev–Trinajstić information content (AvgIpc) is 2.90. The smallest absolute Gasteiger partial charge is 0.135 e. The predicted molar refractivity (Wildman–Crippen MR) is 84.1 cm³/mol. The fourth-order valence-corrected chi connectivity index (χ4v) is 2.70. The van der Waals surface area contributed by atoms with Crippen molar-refractivity contribution < 1.29 is 9.15 Å². The first-order valence-corrected chi connectivity index (χ1v) is 7.63. The molecule has 1 unspecified atom stereocenters. The van der Waals surface area contributed by atoms with Gasteiger partial charge in [0.2, 0.25) is 0 Å². The van der Waals surface area contributed by atoms with E-state index in [0.717, 1.165) is 35.4 Å². The van der Waals surface area contributed by atoms with Crippen molar-refractivity contribution in [3.8, 4) is 5.75 Å². The molecule has 3 nitrogen and oxygen atoms in total. The average molecular weight is 338 g/mol. The first kappa shape index (κ1) is 15.1. The van der Waals surface area contributed by atoms with E-state index in [9.17, 15) is 0 Å². The molecule has 0 radical (unpaired) electrons. The van der Waals surface area contributed by atoms with Gasteiger partial charge in [-0.1, -0.05) is 25.1 Å². The summed E-state index contributed by atoms with van der Waals surface area (Å²) in [5.74, 6) is 1.85. The van der Waals surface area contributed by atoms with Crippen LogP contribution in [0.5, 0.6) is 5.75 Å². The van der Waals surface area contributed by atoms with Crippen LogP contribution in [0.4, 0.5) is 0 Å². The summed E-state index contributed by atoms with van der Waals surface area (Å²) in [4.78, 5) is 0. The molecule has 0 bridgehead atoms. The van der Waals surface area contributed by atoms with Crippen LogP contribution in [0.1, 0.15) is 30.7 Å². The molecule has 0 fully saturated rings. The van der Waals surface area contributed by atoms with E-state index >= 15 is 0 Å². The number of benzene rings is 1. The number of hydrogen-bond acceptors (Lipinski definition) is 3. The second kappa shape index (κ2) is 7.50. The lowest BCUT2D eigenvalue weighted by molar-refractivity contribution is 0.388. The molecule has 1 N–H and O–H groups in total. The highest BCUT2D eigenvalue weighted by atomic mass is 79.9. The first-order chi connectivity index (χ1) is 9.76. The summed E-state index contributed by atoms with van der Waals surface area (Å²) in [5.41, 5.74) is 1.17. The zero-order valence-electron chi connectivity index (χ0n) is 11.9. The Labute approximate surface area is 128 Å². The third-order valence-electron chi connectivity index (χ3n) is 3.22. The Morgan fingerprint density at radius 1 is 1.30 bits per heavy atom. The molecule has 108 valence electrons. The normalized spacial score (nSPS) is 12.3. The van der Waals surface area contributed by atoms with Gasteiger partial charge in [0.25, 0.3) is 0 Å². The molecular weight excluding hydrogens is 318 g/mol. The van der Waals surface area contributed by atoms with Gasteiger partial charge in [0.05, 0.1) is 23.9 Å². The van der Waals surface area contributed by atoms with Gasteiger partial charge in [-0.2, -0.15) is 0 Å². The molecule has 0 spiro atoms. The molecule has 0 saturated heterocycles. The van der Waals surface area contributed by atoms with Gasteiger partial charge in [-0.25, -0.2) is 0 Å². The van der Waals surface area contributed by atoms with Crippen LogP contribution in [-0.2, 0) is 6.42 Å². The minimum Gasteiger partial charge on any atom is -0.496 e. The Kier molecular flexibility index (Phi) is 5.68. The molecule has 2 aromatic rings. The van der Waals surface area contributed by atoms with Crippen LogP contribution in [-0.4, -0.2) is 13.7 Å². The third kappa shape index (κ3) is 3.64. The third-order valence-corrected chi connectivity index (χ3v) is 3.87. The van der Waals surface area contributed by atoms with Crippen molar-refractivity contribution in [2.45, 2.75) is 25.8 Å². The van der Waals surface area contributed by atoms with Gasteiger partial charge in [-0.15, -0.1) is 0 Å². The molecule has 2 rings (SSSR count). The van der Waals surface area contributed by atoms with Gasteiger partial charge in [0.15, 0.2) is 0 Å². The van der Waals surface area contributed by atoms with E-state index in [0.29, 0.717) is 0 Å². The van der Waals surface area contributed by atoms with Gasteiger partial charge < -0.3 is 14.5 Å². The van der Waals surface area contributed by atoms with Crippen molar-refractivity contribution in [3.63, 3.8) is 0 Å². The Morgan fingerprint density at radius 3 is 2.75 bits per heavy atom. The monoisotopic (exact) mass is 337 g/mol. The largest absolute Gasteiger partial charge is 0.496 e. The maximum Gasteiger partial charge on any atom is 0.135 e. The van der Waals surface area contributed by atoms with Crippen molar-refractivity contribution in [2.24, 2.45) is 0 Å². The summed E-state index contributed by atoms with van der Waals surface area (Å²) in [6.45, 7) is 3.11. The highest BCUT2D eigenvalue weighted by molar-refractivity contribution is 9.10. The first-order valence-electron chi connectivity index (χ1n) is 6.84. The number of hydrogen-bond donors (Lipinski definition) is 1. The van der Waals surface area contributed by atoms with Gasteiger partial charge in [-0.05, 0) is 53.0 Å². The molecular formula is C16H20BrNO2. The van der Waals surface area contributed by atoms with Gasteiger partial charge in [-0.3, -0.25) is 0 Å². The number of furan rings is 1. The molecule has 1 atom stereocenters. The van der Waals surface area contributed by atoms with Crippen molar-refractivity contribution >= 4 is 15.9 Å². The van der Waals surface area contributed by atoms with E-state index in [1.807, 2.05) is 24.3 Å². The predicted octanol–water partition coefficient (Wildman–Crippen LogP) is 4.33. The molecule has 0 aliphatic rings. The number of para-hydroxylation sites is 1. The van der Waals surface area contributed by atoms with Gasteiger partial charge >= 0.3 is 0 Å². The lowest BCUT2D eigenvalue weighted by atomic mass is 10.0. The quantitative estimate of drug-likeness (QED) is 0.816. The second-order valence-electron chi connectivity index (χ2n) is 4.66. The summed E-state index contributed by atoms with van der Waals surface area (Å²) < 4.78 is 12.0. The number of nitrogens with one attached hydrogen (secondary N) is 1. The van der Waals surface area contributed by atoms with Crippen molar-refractivity contribution in [1.82, 2.24) is 5.32 Å². The Morgan fingerprint density at radius 2 is 2.10 bits per heavy atom. The maximum absolute atomic E-state index is 5.62. The number of rotatable bonds is 7. The second-order valence-corrected chi connectivity index (χ2v) is 5.51. The minimum atomic E-state index is 0.135. The summed E-state index contributed by atoms with van der Waals surface area (Å²) in [6, 6.07) is 10.2. The highest BCUT2D eigenvalue weighted by Gasteiger charge is 2.19. The molecule has 0 saturated carbocycles. The van der Waals surface area contributed by atoms with Crippen LogP contribution in [0, 0.1) is 0 Å². The lowest BCUT2D eigenvalue weighted by Crippen LogP contribution is -2.24. The molecule has 1 heterocycles. The molecule has 0 amide bonds. The zero-order chi connectivity index (χ0) is 14.4. The van der Waals surface area contributed by atoms with Crippen LogP contribution in [0.3, 0.4) is 0 Å². The van der Waals surface area contributed by atoms with Crippen LogP contribution in [0.2, 0.25) is 0 Å². The number of methoxy groups -OCH3 is 1. The van der Waals surface area contributed by atoms with E-state index in [2.05, 4.69) is 34.2 Å². The minimum absolute atomic E-state index is 0.135. The fraction of sp³-hybridized carbons (Fsp3) is 0.375. The van der Waals surface area contributed by atoms with Gasteiger partial charge in [0.1, 0.15) is 11.5 Å². The molecule has 4 heteroatoms. The van der Waals surface area contributed by atoms with Crippen LogP contribution in [0.25, 0.3) is 0 Å². The Balaban J connectivity index is 2.21. The Hall–Kier alpha value is -1.26. The summed E-state index contributed by atoms with van der Waals surface area (Å²) in [7, 11) is 1.70. The molecule has 0 aliphatic heterocycles. The lowest BCUT2D eigenvalue weighted by Gasteiger charge is -2.18. The molecule has 1 aromatic heterocycles. The van der Waals surface area contributed by atoms with Gasteiger partial charge in [0, 0.05) is 0 Å². The summed E-state index contributed by atoms with van der Waals surface area (Å²) >= 11 is 3.54.